The Balaban J connectivity index is 1.68. The third kappa shape index (κ3) is 3.73. The first-order chi connectivity index (χ1) is 14.6. The number of para-hydroxylation sites is 1. The van der Waals surface area contributed by atoms with E-state index in [1.54, 1.807) is 12.1 Å². The van der Waals surface area contributed by atoms with Crippen LogP contribution in [0.3, 0.4) is 0 Å². The molecule has 3 aromatic rings. The van der Waals surface area contributed by atoms with Crippen molar-refractivity contribution in [2.24, 2.45) is 0 Å². The summed E-state index contributed by atoms with van der Waals surface area (Å²) in [6.45, 7) is 0. The monoisotopic (exact) mass is 403 g/mol. The van der Waals surface area contributed by atoms with Gasteiger partial charge in [0.05, 0.1) is 23.7 Å². The summed E-state index contributed by atoms with van der Waals surface area (Å²) in [5.41, 5.74) is 4.82. The van der Waals surface area contributed by atoms with E-state index in [9.17, 15) is 14.3 Å². The van der Waals surface area contributed by atoms with Crippen LogP contribution >= 0.6 is 0 Å². The van der Waals surface area contributed by atoms with Crippen LogP contribution < -0.4 is 0 Å². The molecule has 2 fully saturated rings. The lowest BCUT2D eigenvalue weighted by atomic mass is 9.92. The molecular weight excluding hydrogens is 381 g/mol. The second-order valence-corrected chi connectivity index (χ2v) is 8.07. The number of aromatic nitrogens is 1. The minimum absolute atomic E-state index is 0.0377. The number of aliphatic hydroxyl groups excluding tert-OH is 1. The van der Waals surface area contributed by atoms with Crippen molar-refractivity contribution in [3.63, 3.8) is 0 Å². The van der Waals surface area contributed by atoms with Gasteiger partial charge in [-0.1, -0.05) is 36.4 Å². The van der Waals surface area contributed by atoms with E-state index in [0.29, 0.717) is 12.3 Å². The number of halogens is 1. The van der Waals surface area contributed by atoms with Gasteiger partial charge in [-0.15, -0.1) is 0 Å². The van der Waals surface area contributed by atoms with E-state index in [0.717, 1.165) is 46.1 Å². The molecule has 5 rings (SSSR count). The predicted molar refractivity (Wildman–Crippen MR) is 113 cm³/mol. The predicted octanol–water partition coefficient (Wildman–Crippen LogP) is 5.00. The minimum atomic E-state index is -0.685. The van der Waals surface area contributed by atoms with Gasteiger partial charge in [-0.25, -0.2) is 4.39 Å². The van der Waals surface area contributed by atoms with Crippen LogP contribution in [0.4, 0.5) is 4.39 Å². The molecule has 1 saturated heterocycles. The number of fused-ring (bicyclic) bond motifs is 1. The van der Waals surface area contributed by atoms with E-state index in [1.807, 2.05) is 36.4 Å². The molecule has 0 bridgehead atoms. The Bertz CT molecular complexity index is 1140. The molecule has 5 heteroatoms. The topological polar surface area (TPSA) is 59.4 Å². The number of pyridine rings is 1. The summed E-state index contributed by atoms with van der Waals surface area (Å²) < 4.78 is 19.0. The van der Waals surface area contributed by atoms with E-state index in [4.69, 9.17) is 9.72 Å². The fraction of sp³-hybridized carbons (Fsp3) is 0.280. The molecule has 152 valence electrons. The summed E-state index contributed by atoms with van der Waals surface area (Å²) in [6.07, 6.45) is 5.24. The molecule has 2 aliphatic rings. The molecule has 4 nitrogen and oxygen atoms in total. The van der Waals surface area contributed by atoms with Gasteiger partial charge < -0.3 is 9.84 Å². The summed E-state index contributed by atoms with van der Waals surface area (Å²) in [4.78, 5) is 16.7. The highest BCUT2D eigenvalue weighted by atomic mass is 19.1. The van der Waals surface area contributed by atoms with Crippen molar-refractivity contribution in [2.75, 3.05) is 0 Å². The average Bonchev–Trinajstić information content (AvgIpc) is 3.57. The Morgan fingerprint density at radius 3 is 2.60 bits per heavy atom. The normalized spacial score (nSPS) is 21.9. The molecule has 1 aliphatic heterocycles. The van der Waals surface area contributed by atoms with Gasteiger partial charge in [0.25, 0.3) is 0 Å². The van der Waals surface area contributed by atoms with E-state index in [1.165, 1.54) is 12.1 Å². The van der Waals surface area contributed by atoms with Crippen LogP contribution in [-0.2, 0) is 9.53 Å². The number of hydrogen-bond donors (Lipinski definition) is 1. The van der Waals surface area contributed by atoms with Crippen molar-refractivity contribution in [1.82, 2.24) is 4.98 Å². The molecule has 1 N–H and O–H groups in total. The molecule has 2 atom stereocenters. The number of carbonyl (C=O) groups is 1. The van der Waals surface area contributed by atoms with Gasteiger partial charge >= 0.3 is 5.97 Å². The van der Waals surface area contributed by atoms with Crippen molar-refractivity contribution >= 4 is 22.9 Å². The van der Waals surface area contributed by atoms with Crippen molar-refractivity contribution in [3.05, 3.63) is 71.7 Å². The Morgan fingerprint density at radius 1 is 1.10 bits per heavy atom. The first-order valence-corrected chi connectivity index (χ1v) is 10.3. The Morgan fingerprint density at radius 2 is 1.87 bits per heavy atom. The Labute approximate surface area is 174 Å². The van der Waals surface area contributed by atoms with Crippen LogP contribution in [0.1, 0.15) is 42.9 Å². The quantitative estimate of drug-likeness (QED) is 0.623. The van der Waals surface area contributed by atoms with Crippen LogP contribution in [0.15, 0.2) is 54.6 Å². The number of nitrogens with zero attached hydrogens (tertiary/aromatic N) is 1. The summed E-state index contributed by atoms with van der Waals surface area (Å²) in [7, 11) is 0. The van der Waals surface area contributed by atoms with Crippen LogP contribution in [0.25, 0.3) is 28.1 Å². The number of carbonyl (C=O) groups excluding carboxylic acids is 1. The number of ether oxygens (including phenoxy) is 1. The smallest absolute Gasteiger partial charge is 0.309 e. The zero-order valence-corrected chi connectivity index (χ0v) is 16.4. The highest BCUT2D eigenvalue weighted by molar-refractivity contribution is 5.99. The van der Waals surface area contributed by atoms with Gasteiger partial charge in [0.2, 0.25) is 0 Å². The maximum absolute atomic E-state index is 13.6. The molecule has 30 heavy (non-hydrogen) atoms. The SMILES string of the molecule is O=C1C[C@H](O)C[C@@H](C=Cc2c(C3CC3)nc3ccccc3c2-c2ccc(F)cc2)O1. The fourth-order valence-electron chi connectivity index (χ4n) is 4.14. The molecule has 0 spiro atoms. The zero-order chi connectivity index (χ0) is 20.7. The molecule has 2 aromatic carbocycles. The van der Waals surface area contributed by atoms with Gasteiger partial charge in [-0.05, 0) is 42.7 Å². The lowest BCUT2D eigenvalue weighted by Gasteiger charge is -2.23. The van der Waals surface area contributed by atoms with Crippen LogP contribution in [0.2, 0.25) is 0 Å². The number of hydrogen-bond acceptors (Lipinski definition) is 4. The first kappa shape index (κ1) is 18.9. The van der Waals surface area contributed by atoms with Gasteiger partial charge in [0.1, 0.15) is 11.9 Å². The number of rotatable bonds is 4. The number of benzene rings is 2. The van der Waals surface area contributed by atoms with Crippen molar-refractivity contribution in [3.8, 4) is 11.1 Å². The van der Waals surface area contributed by atoms with Crippen molar-refractivity contribution in [1.29, 1.82) is 0 Å². The molecule has 2 heterocycles. The fourth-order valence-corrected chi connectivity index (χ4v) is 4.14. The number of cyclic esters (lactones) is 1. The number of esters is 1. The maximum atomic E-state index is 13.6. The highest BCUT2D eigenvalue weighted by Gasteiger charge is 2.30. The minimum Gasteiger partial charge on any atom is -0.458 e. The molecule has 1 aliphatic carbocycles. The van der Waals surface area contributed by atoms with Crippen molar-refractivity contribution in [2.45, 2.75) is 43.8 Å². The Hall–Kier alpha value is -3.05. The van der Waals surface area contributed by atoms with Crippen LogP contribution in [0.5, 0.6) is 0 Å². The largest absolute Gasteiger partial charge is 0.458 e. The van der Waals surface area contributed by atoms with Crippen LogP contribution in [-0.4, -0.2) is 28.3 Å². The average molecular weight is 403 g/mol. The molecule has 0 radical (unpaired) electrons. The van der Waals surface area contributed by atoms with E-state index in [-0.39, 0.29) is 18.2 Å². The van der Waals surface area contributed by atoms with E-state index < -0.39 is 12.2 Å². The summed E-state index contributed by atoms with van der Waals surface area (Å²) >= 11 is 0. The Kier molecular flexibility index (Phi) is 4.83. The van der Waals surface area contributed by atoms with Crippen molar-refractivity contribution < 1.29 is 19.0 Å². The standard InChI is InChI=1S/C25H22FNO3/c26-17-9-7-15(8-10-17)24-20-3-1-2-4-22(20)27-25(16-5-6-16)21(24)12-11-19-13-18(28)14-23(29)30-19/h1-4,7-12,16,18-19,28H,5-6,13-14H2/t18-,19-/m1/s1. The molecule has 1 aromatic heterocycles. The lowest BCUT2D eigenvalue weighted by molar-refractivity contribution is -0.156. The van der Waals surface area contributed by atoms with Gasteiger partial charge in [0, 0.05) is 28.9 Å². The lowest BCUT2D eigenvalue weighted by Crippen LogP contribution is -2.31. The third-order valence-corrected chi connectivity index (χ3v) is 5.72. The molecule has 1 saturated carbocycles. The number of aliphatic hydroxyl groups is 1. The second kappa shape index (κ2) is 7.65. The van der Waals surface area contributed by atoms with Crippen LogP contribution in [0, 0.1) is 5.82 Å². The third-order valence-electron chi connectivity index (χ3n) is 5.72. The maximum Gasteiger partial charge on any atom is 0.309 e. The molecule has 0 amide bonds. The van der Waals surface area contributed by atoms with Gasteiger partial charge in [-0.2, -0.15) is 0 Å². The zero-order valence-electron chi connectivity index (χ0n) is 16.4. The summed E-state index contributed by atoms with van der Waals surface area (Å²) in [6, 6.07) is 14.5. The van der Waals surface area contributed by atoms with Gasteiger partial charge in [-0.3, -0.25) is 9.78 Å². The summed E-state index contributed by atoms with van der Waals surface area (Å²) in [5, 5.41) is 10.9. The van der Waals surface area contributed by atoms with Gasteiger partial charge in [0.15, 0.2) is 0 Å². The summed E-state index contributed by atoms with van der Waals surface area (Å²) in [5.74, 6) is -0.270. The molecular formula is C25H22FNO3. The molecule has 0 unspecified atom stereocenters. The first-order valence-electron chi connectivity index (χ1n) is 10.3. The van der Waals surface area contributed by atoms with E-state index >= 15 is 0 Å². The van der Waals surface area contributed by atoms with E-state index in [2.05, 4.69) is 0 Å². The second-order valence-electron chi connectivity index (χ2n) is 8.07. The highest BCUT2D eigenvalue weighted by Crippen LogP contribution is 2.45.